The summed E-state index contributed by atoms with van der Waals surface area (Å²) in [4.78, 5) is 39.8. The monoisotopic (exact) mass is 1180 g/mol. The normalized spacial score (nSPS) is 46.9. The lowest BCUT2D eigenvalue weighted by atomic mass is 9.94. The molecule has 0 aromatic heterocycles. The highest BCUT2D eigenvalue weighted by molar-refractivity contribution is 5.88. The molecular formula is C48H72O33. The first-order valence-electron chi connectivity index (χ1n) is 25.6. The van der Waals surface area contributed by atoms with Gasteiger partial charge in [-0.05, 0) is 20.8 Å². The smallest absolute Gasteiger partial charge is 0.333 e. The Morgan fingerprint density at radius 2 is 0.469 bits per heavy atom. The molecule has 0 amide bonds. The van der Waals surface area contributed by atoms with Gasteiger partial charge in [-0.1, -0.05) is 19.7 Å². The lowest BCUT2D eigenvalue weighted by Gasteiger charge is -2.51. The number of rotatable bonds is 12. The Labute approximate surface area is 460 Å². The first-order valence-corrected chi connectivity index (χ1v) is 25.6. The highest BCUT2D eigenvalue weighted by Crippen LogP contribution is 2.40. The van der Waals surface area contributed by atoms with Crippen LogP contribution < -0.4 is 0 Å². The van der Waals surface area contributed by atoms with Crippen molar-refractivity contribution in [2.45, 2.75) is 205 Å². The second-order valence-electron chi connectivity index (χ2n) is 20.3. The summed E-state index contributed by atoms with van der Waals surface area (Å²) in [5.74, 6) is -3.59. The third kappa shape index (κ3) is 13.6. The Balaban J connectivity index is 1.31. The Morgan fingerprint density at radius 1 is 0.296 bits per heavy atom. The summed E-state index contributed by atoms with van der Waals surface area (Å²) in [6.07, 6.45) is -61.4. The van der Waals surface area contributed by atoms with Crippen LogP contribution in [-0.4, -0.2) is 318 Å². The molecule has 22 saturated heterocycles. The molecule has 0 aromatic carbocycles. The zero-order valence-corrected chi connectivity index (χ0v) is 43.7. The topological polar surface area (TPSA) is 493 Å². The zero-order valence-electron chi connectivity index (χ0n) is 43.7. The molecule has 0 aliphatic carbocycles. The van der Waals surface area contributed by atoms with Crippen molar-refractivity contribution in [1.29, 1.82) is 0 Å². The van der Waals surface area contributed by atoms with Crippen molar-refractivity contribution in [2.75, 3.05) is 39.6 Å². The van der Waals surface area contributed by atoms with Crippen molar-refractivity contribution in [3.8, 4) is 0 Å². The fourth-order valence-corrected chi connectivity index (χ4v) is 9.96. The second-order valence-corrected chi connectivity index (χ2v) is 20.3. The number of aliphatic hydroxyl groups is 15. The van der Waals surface area contributed by atoms with E-state index in [1.54, 1.807) is 0 Å². The summed E-state index contributed by atoms with van der Waals surface area (Å²) in [5.41, 5.74) is -0.787. The van der Waals surface area contributed by atoms with Crippen LogP contribution >= 0.6 is 0 Å². The van der Waals surface area contributed by atoms with Crippen molar-refractivity contribution >= 4 is 17.9 Å². The van der Waals surface area contributed by atoms with Crippen LogP contribution in [0.2, 0.25) is 0 Å². The standard InChI is InChI=1S/C48H72O33/c1-13(2)40(64)73-37-28(61)46-70-20(11-53)35(37)80-48-30(63)39(75-42(66)15(5)6)36(21(12-54)72-48)81-47-29(62)38(74-41(65)14(3)4)34(19(10-52)71-47)79-45-27(60)24(57)32(17(8-50)69-45)77-43-25(58)22(55)31(16(7-49)67-43)76-44-26(59)23(56)33(78-46)18(9-51)68-44/h16-39,43-63H,1,3,5,7-12H2,2,4,6H3/t16-,17-,18-,19-,20-,21-,22-,23-,24-,25-,26-,27-,28-,29-,30-,31-,32-,33-,34+,35+,36+,37-,38-,39-,43-,44-,45-,46-,47-,48-/m1/s1. The molecule has 22 heterocycles. The van der Waals surface area contributed by atoms with Crippen LogP contribution in [0.3, 0.4) is 0 Å². The molecule has 33 nitrogen and oxygen atoms in total. The van der Waals surface area contributed by atoms with E-state index in [-0.39, 0.29) is 16.7 Å². The third-order valence-corrected chi connectivity index (χ3v) is 14.4. The van der Waals surface area contributed by atoms with E-state index in [4.69, 9.17) is 71.1 Å². The predicted molar refractivity (Wildman–Crippen MR) is 252 cm³/mol. The number of hydrogen-bond acceptors (Lipinski definition) is 33. The number of ether oxygens (including phenoxy) is 15. The van der Waals surface area contributed by atoms with Crippen LogP contribution in [0.5, 0.6) is 0 Å². The summed E-state index contributed by atoms with van der Waals surface area (Å²) >= 11 is 0. The summed E-state index contributed by atoms with van der Waals surface area (Å²) in [7, 11) is 0. The molecule has 33 heteroatoms. The first kappa shape index (κ1) is 65.1. The minimum atomic E-state index is -2.30. The van der Waals surface area contributed by atoms with Crippen LogP contribution in [0.25, 0.3) is 0 Å². The van der Waals surface area contributed by atoms with Crippen molar-refractivity contribution < 1.29 is 162 Å². The van der Waals surface area contributed by atoms with Gasteiger partial charge in [-0.3, -0.25) is 0 Å². The van der Waals surface area contributed by atoms with Crippen molar-refractivity contribution in [2.24, 2.45) is 0 Å². The van der Waals surface area contributed by atoms with Gasteiger partial charge in [0, 0.05) is 16.7 Å². The van der Waals surface area contributed by atoms with Gasteiger partial charge in [-0.15, -0.1) is 0 Å². The largest absolute Gasteiger partial charge is 0.453 e. The fourth-order valence-electron chi connectivity index (χ4n) is 9.96. The van der Waals surface area contributed by atoms with Gasteiger partial charge in [0.25, 0.3) is 0 Å². The van der Waals surface area contributed by atoms with Crippen molar-refractivity contribution in [3.63, 3.8) is 0 Å². The lowest BCUT2D eigenvalue weighted by Crippen LogP contribution is -2.69. The minimum absolute atomic E-state index is 0.259. The minimum Gasteiger partial charge on any atom is -0.453 e. The van der Waals surface area contributed by atoms with Gasteiger partial charge in [-0.2, -0.15) is 0 Å². The van der Waals surface area contributed by atoms with E-state index in [9.17, 15) is 91.0 Å². The molecule has 0 aromatic rings. The van der Waals surface area contributed by atoms with Crippen LogP contribution in [0, 0.1) is 0 Å². The Bertz CT molecular complexity index is 2140. The third-order valence-electron chi connectivity index (χ3n) is 14.4. The summed E-state index contributed by atoms with van der Waals surface area (Å²) in [6.45, 7) is 7.70. The molecule has 0 spiro atoms. The molecular weight excluding hydrogens is 1100 g/mol. The molecule has 12 bridgehead atoms. The van der Waals surface area contributed by atoms with Crippen molar-refractivity contribution in [3.05, 3.63) is 36.5 Å². The molecule has 22 fully saturated rings. The van der Waals surface area contributed by atoms with Gasteiger partial charge in [0.2, 0.25) is 0 Å². The highest BCUT2D eigenvalue weighted by Gasteiger charge is 2.60. The Hall–Kier alpha value is -3.45. The van der Waals surface area contributed by atoms with Gasteiger partial charge in [0.05, 0.1) is 39.6 Å². The van der Waals surface area contributed by atoms with Crippen molar-refractivity contribution in [1.82, 2.24) is 0 Å². The summed E-state index contributed by atoms with van der Waals surface area (Å²) in [5, 5.41) is 169. The van der Waals surface area contributed by atoms with Gasteiger partial charge < -0.3 is 148 Å². The summed E-state index contributed by atoms with van der Waals surface area (Å²) in [6, 6.07) is 0. The Morgan fingerprint density at radius 3 is 0.654 bits per heavy atom. The predicted octanol–water partition coefficient (Wildman–Crippen LogP) is -9.67. The van der Waals surface area contributed by atoms with Crippen LogP contribution in [0.4, 0.5) is 0 Å². The average molecular weight is 1180 g/mol. The molecule has 22 rings (SSSR count). The maximum absolute atomic E-state index is 13.3. The average Bonchev–Trinajstić information content (AvgIpc) is 3.56. The van der Waals surface area contributed by atoms with Gasteiger partial charge in [0.15, 0.2) is 56.1 Å². The fraction of sp³-hybridized carbons (Fsp3) is 0.812. The first-order chi connectivity index (χ1) is 38.3. The van der Waals surface area contributed by atoms with E-state index in [0.717, 1.165) is 0 Å². The van der Waals surface area contributed by atoms with E-state index >= 15 is 0 Å². The molecule has 30 atom stereocenters. The van der Waals surface area contributed by atoms with E-state index in [1.807, 2.05) is 0 Å². The van der Waals surface area contributed by atoms with Crippen LogP contribution in [0.1, 0.15) is 20.8 Å². The molecule has 15 N–H and O–H groups in total. The molecule has 22 aliphatic rings. The van der Waals surface area contributed by atoms with Gasteiger partial charge in [-0.25, -0.2) is 14.4 Å². The van der Waals surface area contributed by atoms with Crippen LogP contribution in [-0.2, 0) is 85.4 Å². The molecule has 22 aliphatic heterocycles. The van der Waals surface area contributed by atoms with E-state index < -0.39 is 242 Å². The lowest BCUT2D eigenvalue weighted by molar-refractivity contribution is -0.404. The molecule has 81 heavy (non-hydrogen) atoms. The number of aliphatic hydroxyl groups excluding tert-OH is 15. The molecule has 0 radical (unpaired) electrons. The number of carbonyl (C=O) groups excluding carboxylic acids is 3. The number of carbonyl (C=O) groups is 3. The zero-order chi connectivity index (χ0) is 59.6. The molecule has 462 valence electrons. The summed E-state index contributed by atoms with van der Waals surface area (Å²) < 4.78 is 87.3. The maximum atomic E-state index is 13.3. The highest BCUT2D eigenvalue weighted by atomic mass is 16.8. The molecule has 0 unspecified atom stereocenters. The SMILES string of the molecule is C=C(C)C(=O)O[C@@H]1[C@@H](O)[C@H]2O[C@@H]3[C@H](OC(=O)C(=C)C)[C@@H](O)[C@@H](O[C@@H]4[C@H](OC(=O)C(=C)C)[C@@H](O)[C@@H](O[C@H]5[C@H](O)[C@@H](O)[C@@H](O[C@H]6[C@H](O)[C@@H](O)[C@@H](O[C@H]7[C@H](O)[C@@H](O)[C@@H](O[C@H]1[C@@H](CO)O2)O[C@@H]7CO)O[C@@H]6CO)O[C@@H]5CO)O[C@@H]4CO)O[C@@H]3CO. The van der Waals surface area contributed by atoms with Crippen LogP contribution in [0.15, 0.2) is 36.5 Å². The maximum Gasteiger partial charge on any atom is 0.333 e. The number of hydrogen-bond donors (Lipinski definition) is 15. The molecule has 0 saturated carbocycles. The Kier molecular flexibility index (Phi) is 22.3. The van der Waals surface area contributed by atoms with E-state index in [1.165, 1.54) is 20.8 Å². The van der Waals surface area contributed by atoms with Gasteiger partial charge in [0.1, 0.15) is 128 Å². The number of esters is 3. The van der Waals surface area contributed by atoms with E-state index in [2.05, 4.69) is 19.7 Å². The quantitative estimate of drug-likeness (QED) is 0.0490. The second kappa shape index (κ2) is 27.7. The van der Waals surface area contributed by atoms with E-state index in [0.29, 0.717) is 0 Å². The van der Waals surface area contributed by atoms with Gasteiger partial charge >= 0.3 is 17.9 Å².